The number of piperazine rings is 1. The Labute approximate surface area is 185 Å². The van der Waals surface area contributed by atoms with Gasteiger partial charge in [-0.2, -0.15) is 13.2 Å². The highest BCUT2D eigenvalue weighted by Crippen LogP contribution is 2.29. The summed E-state index contributed by atoms with van der Waals surface area (Å²) >= 11 is 0. The van der Waals surface area contributed by atoms with Crippen LogP contribution in [-0.4, -0.2) is 48.9 Å². The summed E-state index contributed by atoms with van der Waals surface area (Å²) in [6, 6.07) is 14.1. The van der Waals surface area contributed by atoms with Crippen LogP contribution in [-0.2, 0) is 22.2 Å². The maximum Gasteiger partial charge on any atom is 0.416 e. The number of benzene rings is 2. The molecule has 1 aliphatic heterocycles. The first kappa shape index (κ1) is 23.5. The van der Waals surface area contributed by atoms with E-state index in [0.717, 1.165) is 17.7 Å². The number of alkyl halides is 3. The van der Waals surface area contributed by atoms with Crippen LogP contribution >= 0.6 is 0 Å². The third-order valence-electron chi connectivity index (χ3n) is 5.29. The number of hydrogen-bond acceptors (Lipinski definition) is 3. The molecule has 0 radical (unpaired) electrons. The van der Waals surface area contributed by atoms with Crippen molar-refractivity contribution in [3.63, 3.8) is 0 Å². The summed E-state index contributed by atoms with van der Waals surface area (Å²) in [5.41, 5.74) is 1.06. The number of hydrogen-bond donors (Lipinski definition) is 2. The molecule has 0 bridgehead atoms. The van der Waals surface area contributed by atoms with Crippen molar-refractivity contribution in [1.29, 1.82) is 0 Å². The van der Waals surface area contributed by atoms with E-state index in [1.54, 1.807) is 0 Å². The minimum Gasteiger partial charge on any atom is -0.356 e. The molecule has 32 heavy (non-hydrogen) atoms. The standard InChI is InChI=1S/C24H26F3N3O2/c25-24(26,27)20-10-8-19(9-11-20)12-13-28-22(31)17-21-23(32)29-14-16-30(21)15-4-7-18-5-2-1-3-6-18/h1-11,21H,12-17H2,(H,28,31)(H,29,32)/b7-4+. The molecule has 3 rings (SSSR count). The number of nitrogens with zero attached hydrogens (tertiary/aromatic N) is 1. The largest absolute Gasteiger partial charge is 0.416 e. The van der Waals surface area contributed by atoms with Crippen LogP contribution < -0.4 is 10.6 Å². The van der Waals surface area contributed by atoms with Gasteiger partial charge in [0.2, 0.25) is 11.8 Å². The second-order valence-corrected chi connectivity index (χ2v) is 7.61. The molecule has 2 amide bonds. The minimum absolute atomic E-state index is 0.0258. The quantitative estimate of drug-likeness (QED) is 0.656. The van der Waals surface area contributed by atoms with Crippen LogP contribution in [0.5, 0.6) is 0 Å². The van der Waals surface area contributed by atoms with Crippen molar-refractivity contribution in [3.05, 3.63) is 77.4 Å². The van der Waals surface area contributed by atoms with Gasteiger partial charge in [-0.05, 0) is 29.7 Å². The monoisotopic (exact) mass is 445 g/mol. The van der Waals surface area contributed by atoms with E-state index in [9.17, 15) is 22.8 Å². The molecule has 2 aromatic carbocycles. The summed E-state index contributed by atoms with van der Waals surface area (Å²) in [6.45, 7) is 2.01. The molecule has 0 spiro atoms. The molecule has 0 aromatic heterocycles. The lowest BCUT2D eigenvalue weighted by Gasteiger charge is -2.33. The average molecular weight is 445 g/mol. The van der Waals surface area contributed by atoms with Crippen molar-refractivity contribution in [3.8, 4) is 0 Å². The second-order valence-electron chi connectivity index (χ2n) is 7.61. The smallest absolute Gasteiger partial charge is 0.356 e. The van der Waals surface area contributed by atoms with Crippen molar-refractivity contribution in [2.24, 2.45) is 0 Å². The molecule has 1 fully saturated rings. The summed E-state index contributed by atoms with van der Waals surface area (Å²) in [5, 5.41) is 5.56. The predicted octanol–water partition coefficient (Wildman–Crippen LogP) is 3.27. The summed E-state index contributed by atoms with van der Waals surface area (Å²) in [7, 11) is 0. The predicted molar refractivity (Wildman–Crippen MR) is 117 cm³/mol. The van der Waals surface area contributed by atoms with Crippen molar-refractivity contribution in [2.45, 2.75) is 25.1 Å². The van der Waals surface area contributed by atoms with Crippen LogP contribution in [0.2, 0.25) is 0 Å². The van der Waals surface area contributed by atoms with Gasteiger partial charge in [0, 0.05) is 26.2 Å². The lowest BCUT2D eigenvalue weighted by Crippen LogP contribution is -2.56. The van der Waals surface area contributed by atoms with Crippen LogP contribution in [0.15, 0.2) is 60.7 Å². The molecule has 1 aliphatic rings. The third kappa shape index (κ3) is 6.95. The van der Waals surface area contributed by atoms with Crippen molar-refractivity contribution in [1.82, 2.24) is 15.5 Å². The van der Waals surface area contributed by atoms with Gasteiger partial charge in [0.15, 0.2) is 0 Å². The molecular formula is C24H26F3N3O2. The highest BCUT2D eigenvalue weighted by molar-refractivity contribution is 5.88. The van der Waals surface area contributed by atoms with Gasteiger partial charge in [-0.25, -0.2) is 0 Å². The zero-order valence-corrected chi connectivity index (χ0v) is 17.6. The molecule has 2 aromatic rings. The molecule has 5 nitrogen and oxygen atoms in total. The van der Waals surface area contributed by atoms with Gasteiger partial charge in [0.05, 0.1) is 18.0 Å². The van der Waals surface area contributed by atoms with Crippen LogP contribution in [0, 0.1) is 0 Å². The Morgan fingerprint density at radius 1 is 1.12 bits per heavy atom. The molecule has 0 saturated carbocycles. The topological polar surface area (TPSA) is 61.4 Å². The second kappa shape index (κ2) is 10.9. The van der Waals surface area contributed by atoms with E-state index in [1.165, 1.54) is 12.1 Å². The van der Waals surface area contributed by atoms with Crippen LogP contribution in [0.4, 0.5) is 13.2 Å². The van der Waals surface area contributed by atoms with Crippen LogP contribution in [0.1, 0.15) is 23.1 Å². The number of carbonyl (C=O) groups is 2. The van der Waals surface area contributed by atoms with E-state index in [2.05, 4.69) is 10.6 Å². The number of amides is 2. The van der Waals surface area contributed by atoms with Gasteiger partial charge in [0.25, 0.3) is 0 Å². The van der Waals surface area contributed by atoms with Gasteiger partial charge in [-0.1, -0.05) is 54.6 Å². The first-order valence-corrected chi connectivity index (χ1v) is 10.5. The fraction of sp³-hybridized carbons (Fsp3) is 0.333. The Balaban J connectivity index is 1.48. The maximum absolute atomic E-state index is 12.6. The number of halogens is 3. The van der Waals surface area contributed by atoms with E-state index >= 15 is 0 Å². The zero-order valence-electron chi connectivity index (χ0n) is 17.6. The van der Waals surface area contributed by atoms with E-state index in [-0.39, 0.29) is 24.8 Å². The Morgan fingerprint density at radius 2 is 1.84 bits per heavy atom. The number of rotatable bonds is 8. The zero-order chi connectivity index (χ0) is 23.0. The van der Waals surface area contributed by atoms with E-state index in [4.69, 9.17) is 0 Å². The molecule has 1 atom stereocenters. The van der Waals surface area contributed by atoms with Crippen molar-refractivity contribution >= 4 is 17.9 Å². The SMILES string of the molecule is O=C(CC1C(=O)NCCN1C/C=C/c1ccccc1)NCCc1ccc(C(F)(F)F)cc1. The molecule has 0 aliphatic carbocycles. The Morgan fingerprint density at radius 3 is 2.53 bits per heavy atom. The van der Waals surface area contributed by atoms with Crippen LogP contribution in [0.25, 0.3) is 6.08 Å². The molecule has 8 heteroatoms. The Bertz CT molecular complexity index is 928. The maximum atomic E-state index is 12.6. The third-order valence-corrected chi connectivity index (χ3v) is 5.29. The highest BCUT2D eigenvalue weighted by atomic mass is 19.4. The highest BCUT2D eigenvalue weighted by Gasteiger charge is 2.31. The average Bonchev–Trinajstić information content (AvgIpc) is 2.76. The number of carbonyl (C=O) groups excluding carboxylic acids is 2. The van der Waals surface area contributed by atoms with Gasteiger partial charge in [-0.15, -0.1) is 0 Å². The van der Waals surface area contributed by atoms with Crippen molar-refractivity contribution in [2.75, 3.05) is 26.2 Å². The molecule has 1 heterocycles. The van der Waals surface area contributed by atoms with Crippen LogP contribution in [0.3, 0.4) is 0 Å². The normalized spacial score (nSPS) is 17.3. The minimum atomic E-state index is -4.37. The molecule has 1 saturated heterocycles. The van der Waals surface area contributed by atoms with Gasteiger partial charge < -0.3 is 10.6 Å². The number of nitrogens with one attached hydrogen (secondary N) is 2. The summed E-state index contributed by atoms with van der Waals surface area (Å²) < 4.78 is 37.9. The first-order valence-electron chi connectivity index (χ1n) is 10.5. The molecule has 1 unspecified atom stereocenters. The summed E-state index contributed by atoms with van der Waals surface area (Å²) in [5.74, 6) is -0.446. The van der Waals surface area contributed by atoms with E-state index in [0.29, 0.717) is 31.6 Å². The fourth-order valence-corrected chi connectivity index (χ4v) is 3.55. The van der Waals surface area contributed by atoms with Gasteiger partial charge in [-0.3, -0.25) is 14.5 Å². The Hall–Kier alpha value is -3.13. The lowest BCUT2D eigenvalue weighted by molar-refractivity contribution is -0.137. The van der Waals surface area contributed by atoms with E-state index < -0.39 is 17.8 Å². The summed E-state index contributed by atoms with van der Waals surface area (Å²) in [4.78, 5) is 26.7. The van der Waals surface area contributed by atoms with Gasteiger partial charge >= 0.3 is 6.18 Å². The van der Waals surface area contributed by atoms with Gasteiger partial charge in [0.1, 0.15) is 0 Å². The lowest BCUT2D eigenvalue weighted by atomic mass is 10.1. The summed E-state index contributed by atoms with van der Waals surface area (Å²) in [6.07, 6.45) is 0.0227. The fourth-order valence-electron chi connectivity index (χ4n) is 3.55. The molecule has 2 N–H and O–H groups in total. The molecular weight excluding hydrogens is 419 g/mol. The first-order chi connectivity index (χ1) is 15.3. The molecule has 170 valence electrons. The van der Waals surface area contributed by atoms with E-state index in [1.807, 2.05) is 47.4 Å². The Kier molecular flexibility index (Phi) is 8.05. The van der Waals surface area contributed by atoms with Crippen molar-refractivity contribution < 1.29 is 22.8 Å².